The highest BCUT2D eigenvalue weighted by Crippen LogP contribution is 2.26. The van der Waals surface area contributed by atoms with E-state index >= 15 is 0 Å². The molecule has 5 heteroatoms. The molecular formula is C27H37N3O2. The summed E-state index contributed by atoms with van der Waals surface area (Å²) >= 11 is 0. The van der Waals surface area contributed by atoms with Gasteiger partial charge in [0.15, 0.2) is 0 Å². The van der Waals surface area contributed by atoms with Crippen molar-refractivity contribution in [3.05, 3.63) is 72.3 Å². The molecule has 1 aliphatic carbocycles. The summed E-state index contributed by atoms with van der Waals surface area (Å²) in [4.78, 5) is 14.7. The van der Waals surface area contributed by atoms with E-state index in [9.17, 15) is 4.79 Å². The van der Waals surface area contributed by atoms with Gasteiger partial charge in [0.2, 0.25) is 5.91 Å². The van der Waals surface area contributed by atoms with Gasteiger partial charge in [-0.05, 0) is 61.4 Å². The van der Waals surface area contributed by atoms with Gasteiger partial charge in [0.1, 0.15) is 12.4 Å². The first-order valence-electron chi connectivity index (χ1n) is 11.8. The Morgan fingerprint density at radius 3 is 2.56 bits per heavy atom. The Morgan fingerprint density at radius 2 is 1.91 bits per heavy atom. The highest BCUT2D eigenvalue weighted by molar-refractivity contribution is 5.81. The number of benzene rings is 2. The van der Waals surface area contributed by atoms with Crippen LogP contribution in [0.15, 0.2) is 66.7 Å². The number of carbonyl (C=O) groups is 1. The Labute approximate surface area is 192 Å². The number of rotatable bonds is 11. The number of ether oxygens (including phenoxy) is 1. The number of hydrogen-bond acceptors (Lipinski definition) is 4. The van der Waals surface area contributed by atoms with Crippen molar-refractivity contribution >= 4 is 11.6 Å². The van der Waals surface area contributed by atoms with E-state index in [1.54, 1.807) is 0 Å². The molecule has 0 saturated carbocycles. The van der Waals surface area contributed by atoms with Crippen LogP contribution in [-0.4, -0.2) is 31.1 Å². The standard InChI is InChI=1S/C27H37N3O2/c1-21(2)19-26(28)27(31)29-17-18-30(23-11-7-4-8-12-23)24-13-15-25(16-14-24)32-20-22-9-5-3-6-10-22/h3,5-7,9-11,13-16,21,23,26H,4,8,12,17-20,28H2,1-2H3,(H,29,31). The zero-order chi connectivity index (χ0) is 22.8. The lowest BCUT2D eigenvalue weighted by Crippen LogP contribution is -2.46. The summed E-state index contributed by atoms with van der Waals surface area (Å²) in [6, 6.07) is 18.3. The van der Waals surface area contributed by atoms with Gasteiger partial charge in [-0.1, -0.05) is 56.3 Å². The molecule has 2 aromatic carbocycles. The molecule has 0 radical (unpaired) electrons. The summed E-state index contributed by atoms with van der Waals surface area (Å²) in [5.41, 5.74) is 8.31. The summed E-state index contributed by atoms with van der Waals surface area (Å²) < 4.78 is 5.94. The molecule has 5 nitrogen and oxygen atoms in total. The van der Waals surface area contributed by atoms with E-state index in [1.807, 2.05) is 30.3 Å². The van der Waals surface area contributed by atoms with Crippen LogP contribution in [0.2, 0.25) is 0 Å². The molecule has 0 fully saturated rings. The number of nitrogens with one attached hydrogen (secondary N) is 1. The molecule has 0 bridgehead atoms. The van der Waals surface area contributed by atoms with Crippen molar-refractivity contribution in [1.82, 2.24) is 5.32 Å². The van der Waals surface area contributed by atoms with Gasteiger partial charge in [-0.15, -0.1) is 0 Å². The van der Waals surface area contributed by atoms with Gasteiger partial charge in [-0.2, -0.15) is 0 Å². The Bertz CT molecular complexity index is 849. The second kappa shape index (κ2) is 12.3. The molecule has 0 saturated heterocycles. The Kier molecular flexibility index (Phi) is 9.17. The highest BCUT2D eigenvalue weighted by Gasteiger charge is 2.20. The van der Waals surface area contributed by atoms with E-state index in [1.165, 1.54) is 6.42 Å². The van der Waals surface area contributed by atoms with Crippen LogP contribution < -0.4 is 20.7 Å². The predicted molar refractivity (Wildman–Crippen MR) is 132 cm³/mol. The molecule has 1 amide bonds. The van der Waals surface area contributed by atoms with Crippen molar-refractivity contribution in [2.24, 2.45) is 11.7 Å². The molecule has 1 aliphatic rings. The number of amides is 1. The SMILES string of the molecule is CC(C)CC(N)C(=O)NCCN(c1ccc(OCc2ccccc2)cc1)C1C=CCCC1. The number of nitrogens with zero attached hydrogens (tertiary/aromatic N) is 1. The van der Waals surface area contributed by atoms with Crippen molar-refractivity contribution in [2.45, 2.75) is 58.2 Å². The maximum Gasteiger partial charge on any atom is 0.236 e. The minimum Gasteiger partial charge on any atom is -0.489 e. The molecule has 0 spiro atoms. The van der Waals surface area contributed by atoms with Crippen LogP contribution in [0.25, 0.3) is 0 Å². The average Bonchev–Trinajstić information content (AvgIpc) is 2.81. The van der Waals surface area contributed by atoms with Crippen LogP contribution in [0.1, 0.15) is 45.1 Å². The van der Waals surface area contributed by atoms with Gasteiger partial charge in [0.25, 0.3) is 0 Å². The van der Waals surface area contributed by atoms with E-state index in [0.717, 1.165) is 36.4 Å². The van der Waals surface area contributed by atoms with Crippen LogP contribution in [0, 0.1) is 5.92 Å². The number of nitrogens with two attached hydrogens (primary N) is 1. The molecule has 0 aliphatic heterocycles. The molecule has 3 rings (SSSR count). The molecule has 32 heavy (non-hydrogen) atoms. The van der Waals surface area contributed by atoms with Crippen molar-refractivity contribution < 1.29 is 9.53 Å². The lowest BCUT2D eigenvalue weighted by Gasteiger charge is -2.34. The minimum atomic E-state index is -0.445. The third-order valence-corrected chi connectivity index (χ3v) is 5.76. The Morgan fingerprint density at radius 1 is 1.16 bits per heavy atom. The third kappa shape index (κ3) is 7.41. The summed E-state index contributed by atoms with van der Waals surface area (Å²) in [6.45, 7) is 6.02. The highest BCUT2D eigenvalue weighted by atomic mass is 16.5. The van der Waals surface area contributed by atoms with E-state index in [-0.39, 0.29) is 5.91 Å². The first kappa shape index (κ1) is 23.9. The van der Waals surface area contributed by atoms with Gasteiger partial charge in [0.05, 0.1) is 6.04 Å². The monoisotopic (exact) mass is 435 g/mol. The smallest absolute Gasteiger partial charge is 0.236 e. The fourth-order valence-electron chi connectivity index (χ4n) is 4.06. The fourth-order valence-corrected chi connectivity index (χ4v) is 4.06. The summed E-state index contributed by atoms with van der Waals surface area (Å²) in [6.07, 6.45) is 8.68. The van der Waals surface area contributed by atoms with E-state index in [0.29, 0.717) is 31.5 Å². The number of anilines is 1. The van der Waals surface area contributed by atoms with Crippen LogP contribution in [0.3, 0.4) is 0 Å². The first-order chi connectivity index (χ1) is 15.5. The van der Waals surface area contributed by atoms with Gasteiger partial charge < -0.3 is 20.7 Å². The summed E-state index contributed by atoms with van der Waals surface area (Å²) in [5, 5.41) is 3.02. The summed E-state index contributed by atoms with van der Waals surface area (Å²) in [7, 11) is 0. The molecule has 2 atom stereocenters. The fraction of sp³-hybridized carbons (Fsp3) is 0.444. The van der Waals surface area contributed by atoms with Gasteiger partial charge >= 0.3 is 0 Å². The maximum atomic E-state index is 12.3. The molecule has 0 heterocycles. The largest absolute Gasteiger partial charge is 0.489 e. The van der Waals surface area contributed by atoms with Crippen molar-refractivity contribution in [1.29, 1.82) is 0 Å². The lowest BCUT2D eigenvalue weighted by molar-refractivity contribution is -0.122. The molecular weight excluding hydrogens is 398 g/mol. The minimum absolute atomic E-state index is 0.0671. The topological polar surface area (TPSA) is 67.6 Å². The van der Waals surface area contributed by atoms with Gasteiger partial charge in [-0.3, -0.25) is 4.79 Å². The first-order valence-corrected chi connectivity index (χ1v) is 11.8. The second-order valence-corrected chi connectivity index (χ2v) is 8.92. The predicted octanol–water partition coefficient (Wildman–Crippen LogP) is 4.67. The quantitative estimate of drug-likeness (QED) is 0.503. The zero-order valence-electron chi connectivity index (χ0n) is 19.4. The lowest BCUT2D eigenvalue weighted by atomic mass is 10.0. The van der Waals surface area contributed by atoms with E-state index in [2.05, 4.69) is 60.5 Å². The maximum absolute atomic E-state index is 12.3. The Hall–Kier alpha value is -2.79. The van der Waals surface area contributed by atoms with E-state index < -0.39 is 6.04 Å². The third-order valence-electron chi connectivity index (χ3n) is 5.76. The molecule has 0 aromatic heterocycles. The average molecular weight is 436 g/mol. The second-order valence-electron chi connectivity index (χ2n) is 8.92. The van der Waals surface area contributed by atoms with Crippen molar-refractivity contribution in [2.75, 3.05) is 18.0 Å². The van der Waals surface area contributed by atoms with Crippen LogP contribution in [0.4, 0.5) is 5.69 Å². The molecule has 2 aromatic rings. The number of carbonyl (C=O) groups excluding carboxylic acids is 1. The van der Waals surface area contributed by atoms with Gasteiger partial charge in [0, 0.05) is 24.8 Å². The molecule has 2 unspecified atom stereocenters. The molecule has 172 valence electrons. The zero-order valence-corrected chi connectivity index (χ0v) is 19.4. The van der Waals surface area contributed by atoms with E-state index in [4.69, 9.17) is 10.5 Å². The summed E-state index contributed by atoms with van der Waals surface area (Å²) in [5.74, 6) is 1.19. The number of hydrogen-bond donors (Lipinski definition) is 2. The number of allylic oxidation sites excluding steroid dienone is 1. The Balaban J connectivity index is 1.60. The van der Waals surface area contributed by atoms with Gasteiger partial charge in [-0.25, -0.2) is 0 Å². The van der Waals surface area contributed by atoms with Crippen LogP contribution in [-0.2, 0) is 11.4 Å². The molecule has 3 N–H and O–H groups in total. The normalized spacial score (nSPS) is 16.6. The van der Waals surface area contributed by atoms with Crippen molar-refractivity contribution in [3.8, 4) is 5.75 Å². The van der Waals surface area contributed by atoms with Crippen molar-refractivity contribution in [3.63, 3.8) is 0 Å². The van der Waals surface area contributed by atoms with Crippen LogP contribution in [0.5, 0.6) is 5.75 Å². The van der Waals surface area contributed by atoms with Crippen LogP contribution >= 0.6 is 0 Å².